The van der Waals surface area contributed by atoms with Gasteiger partial charge in [0.15, 0.2) is 0 Å². The molecule has 2 heteroatoms. The van der Waals surface area contributed by atoms with E-state index in [9.17, 15) is 0 Å². The van der Waals surface area contributed by atoms with Gasteiger partial charge < -0.3 is 4.90 Å². The van der Waals surface area contributed by atoms with E-state index in [-0.39, 0.29) is 16.2 Å². The van der Waals surface area contributed by atoms with Crippen LogP contribution >= 0.6 is 0 Å². The maximum Gasteiger partial charge on any atom is 0.113 e. The Morgan fingerprint density at radius 3 is 2.11 bits per heavy atom. The first-order valence-corrected chi connectivity index (χ1v) is 26.4. The van der Waals surface area contributed by atoms with Gasteiger partial charge in [0.1, 0.15) is 8.07 Å². The van der Waals surface area contributed by atoms with Crippen LogP contribution in [0.2, 0.25) is 13.1 Å². The van der Waals surface area contributed by atoms with Crippen LogP contribution in [0.25, 0.3) is 44.2 Å². The van der Waals surface area contributed by atoms with Crippen molar-refractivity contribution in [1.29, 1.82) is 0 Å². The molecule has 0 N–H and O–H groups in total. The zero-order valence-corrected chi connectivity index (χ0v) is 38.0. The lowest BCUT2D eigenvalue weighted by Gasteiger charge is -2.53. The predicted molar refractivity (Wildman–Crippen MR) is 262 cm³/mol. The van der Waals surface area contributed by atoms with E-state index in [0.717, 1.165) is 17.8 Å². The van der Waals surface area contributed by atoms with Crippen LogP contribution < -0.4 is 15.3 Å². The molecule has 4 aliphatic carbocycles. The Hall–Kier alpha value is -5.18. The number of para-hydroxylation sites is 1. The van der Waals surface area contributed by atoms with E-state index in [4.69, 9.17) is 0 Å². The molecule has 1 heterocycles. The van der Waals surface area contributed by atoms with Crippen molar-refractivity contribution in [2.75, 3.05) is 4.90 Å². The summed E-state index contributed by atoms with van der Waals surface area (Å²) in [7, 11) is -1.75. The number of benzene rings is 7. The van der Waals surface area contributed by atoms with E-state index in [0.29, 0.717) is 0 Å². The van der Waals surface area contributed by atoms with E-state index in [2.05, 4.69) is 191 Å². The number of anilines is 3. The number of rotatable bonds is 6. The zero-order valence-electron chi connectivity index (χ0n) is 37.0. The van der Waals surface area contributed by atoms with Crippen molar-refractivity contribution >= 4 is 46.3 Å². The van der Waals surface area contributed by atoms with Gasteiger partial charge in [-0.25, -0.2) is 0 Å². The molecule has 0 radical (unpaired) electrons. The molecule has 3 unspecified atom stereocenters. The maximum absolute atomic E-state index is 2.67. The molecule has 304 valence electrons. The van der Waals surface area contributed by atoms with Crippen molar-refractivity contribution in [1.82, 2.24) is 0 Å². The van der Waals surface area contributed by atoms with Crippen LogP contribution in [-0.2, 0) is 16.2 Å². The van der Waals surface area contributed by atoms with Crippen LogP contribution in [0.15, 0.2) is 146 Å². The molecule has 4 atom stereocenters. The summed E-state index contributed by atoms with van der Waals surface area (Å²) in [6, 6.07) is 57.0. The summed E-state index contributed by atoms with van der Waals surface area (Å²) in [6.07, 6.45) is 9.38. The number of hydrogen-bond acceptors (Lipinski definition) is 1. The second-order valence-electron chi connectivity index (χ2n) is 21.6. The molecule has 5 aliphatic rings. The molecule has 1 nitrogen and oxygen atoms in total. The van der Waals surface area contributed by atoms with E-state index in [1.165, 1.54) is 117 Å². The van der Waals surface area contributed by atoms with Gasteiger partial charge in [-0.15, -0.1) is 0 Å². The van der Waals surface area contributed by atoms with Gasteiger partial charge in [-0.2, -0.15) is 0 Å². The molecule has 0 spiro atoms. The van der Waals surface area contributed by atoms with E-state index < -0.39 is 8.07 Å². The average molecular weight is 810 g/mol. The highest BCUT2D eigenvalue weighted by molar-refractivity contribution is 7.03. The summed E-state index contributed by atoms with van der Waals surface area (Å²) in [5.74, 6) is 2.59. The number of hydrogen-bond donors (Lipinski definition) is 0. The van der Waals surface area contributed by atoms with Gasteiger partial charge in [-0.05, 0) is 163 Å². The molecule has 61 heavy (non-hydrogen) atoms. The Kier molecular flexibility index (Phi) is 8.11. The lowest BCUT2D eigenvalue weighted by atomic mass is 9.51. The highest BCUT2D eigenvalue weighted by atomic mass is 28.3. The molecule has 3 saturated carbocycles. The first-order valence-electron chi connectivity index (χ1n) is 23.4. The Morgan fingerprint density at radius 1 is 0.525 bits per heavy atom. The fraction of sp³-hybridized carbons (Fsp3) is 0.322. The third kappa shape index (κ3) is 5.43. The smallest absolute Gasteiger partial charge is 0.113 e. The van der Waals surface area contributed by atoms with Crippen LogP contribution in [0.5, 0.6) is 0 Å². The Labute approximate surface area is 364 Å². The molecular weight excluding hydrogens is 751 g/mol. The Bertz CT molecular complexity index is 2930. The zero-order chi connectivity index (χ0) is 41.5. The minimum atomic E-state index is -1.75. The number of fused-ring (bicyclic) bond motifs is 6. The second-order valence-corrected chi connectivity index (χ2v) is 25.9. The summed E-state index contributed by atoms with van der Waals surface area (Å²) in [5, 5.41) is 5.72. The second kappa shape index (κ2) is 13.2. The Morgan fingerprint density at radius 2 is 1.23 bits per heavy atom. The largest absolute Gasteiger partial charge is 0.310 e. The third-order valence-electron chi connectivity index (χ3n) is 17.1. The van der Waals surface area contributed by atoms with Gasteiger partial charge in [0.25, 0.3) is 0 Å². The quantitative estimate of drug-likeness (QED) is 0.151. The summed E-state index contributed by atoms with van der Waals surface area (Å²) >= 11 is 0. The molecule has 12 rings (SSSR count). The van der Waals surface area contributed by atoms with Gasteiger partial charge in [-0.3, -0.25) is 0 Å². The predicted octanol–water partition coefficient (Wildman–Crippen LogP) is 14.9. The molecule has 0 aromatic heterocycles. The van der Waals surface area contributed by atoms with Gasteiger partial charge in [0.05, 0.1) is 5.69 Å². The monoisotopic (exact) mass is 809 g/mol. The topological polar surface area (TPSA) is 3.24 Å². The van der Waals surface area contributed by atoms with Crippen LogP contribution in [0.3, 0.4) is 0 Å². The molecule has 0 amide bonds. The SMILES string of the molecule is CC1(C)CCC(C)(C)c2c(-c3cccc(N(c4ccccc4C45CC6CC[C@@H](CC64)C5)c4ccc(-c5ccc6c(c5)-c5ccccc5[Si]6(C)C)c5ccccc45)c3)cccc21. The maximum atomic E-state index is 2.67. The highest BCUT2D eigenvalue weighted by Gasteiger charge is 2.62. The van der Waals surface area contributed by atoms with Crippen molar-refractivity contribution in [2.45, 2.75) is 102 Å². The van der Waals surface area contributed by atoms with Gasteiger partial charge in [0.2, 0.25) is 0 Å². The van der Waals surface area contributed by atoms with Crippen molar-refractivity contribution in [3.05, 3.63) is 162 Å². The summed E-state index contributed by atoms with van der Waals surface area (Å²) < 4.78 is 0. The van der Waals surface area contributed by atoms with Crippen molar-refractivity contribution < 1.29 is 0 Å². The molecule has 0 saturated heterocycles. The fourth-order valence-corrected chi connectivity index (χ4v) is 17.0. The minimum Gasteiger partial charge on any atom is -0.310 e. The molecule has 7 aromatic carbocycles. The van der Waals surface area contributed by atoms with Crippen LogP contribution in [0.1, 0.15) is 89.3 Å². The standard InChI is InChI=1S/C59H59NSi/c1-57(2)31-32-58(3,4)56-44(20-14-22-50(56)57)39-15-13-16-42(34-39)60(53-23-11-10-21-49(53)59-36-38-25-26-41(37-59)51(59)33-38)52-29-28-43(45-17-7-8-18-46(45)52)40-27-30-55-48(35-40)47-19-9-12-24-54(47)61(55,5)6/h7-24,27-30,34-35,38,41,51H,25-26,31-33,36-37H2,1-6H3/t38-,41?,51?,59?/m0/s1. The first-order chi connectivity index (χ1) is 29.4. The summed E-state index contributed by atoms with van der Waals surface area (Å²) in [4.78, 5) is 2.67. The normalized spacial score (nSPS) is 24.4. The van der Waals surface area contributed by atoms with Crippen molar-refractivity contribution in [3.8, 4) is 33.4 Å². The molecule has 7 aromatic rings. The minimum absolute atomic E-state index is 0.105. The average Bonchev–Trinajstić information content (AvgIpc) is 3.50. The molecular formula is C59H59NSi. The molecule has 3 fully saturated rings. The lowest BCUT2D eigenvalue weighted by molar-refractivity contribution is 0.0485. The van der Waals surface area contributed by atoms with Crippen molar-refractivity contribution in [2.24, 2.45) is 17.8 Å². The van der Waals surface area contributed by atoms with Crippen molar-refractivity contribution in [3.63, 3.8) is 0 Å². The van der Waals surface area contributed by atoms with Crippen LogP contribution in [0.4, 0.5) is 17.1 Å². The first kappa shape index (κ1) is 37.6. The van der Waals surface area contributed by atoms with Crippen LogP contribution in [0, 0.1) is 17.8 Å². The van der Waals surface area contributed by atoms with E-state index in [1.54, 1.807) is 15.9 Å². The van der Waals surface area contributed by atoms with Gasteiger partial charge in [0, 0.05) is 22.2 Å². The van der Waals surface area contributed by atoms with E-state index >= 15 is 0 Å². The van der Waals surface area contributed by atoms with Gasteiger partial charge in [-0.1, -0.05) is 162 Å². The third-order valence-corrected chi connectivity index (χ3v) is 20.6. The van der Waals surface area contributed by atoms with Gasteiger partial charge >= 0.3 is 0 Å². The summed E-state index contributed by atoms with van der Waals surface area (Å²) in [5.41, 5.74) is 17.2. The highest BCUT2D eigenvalue weighted by Crippen LogP contribution is 2.69. The molecule has 2 bridgehead atoms. The number of nitrogens with zero attached hydrogens (tertiary/aromatic N) is 1. The van der Waals surface area contributed by atoms with E-state index in [1.807, 2.05) is 0 Å². The Balaban J connectivity index is 1.06. The van der Waals surface area contributed by atoms with Crippen LogP contribution in [-0.4, -0.2) is 8.07 Å². The lowest BCUT2D eigenvalue weighted by Crippen LogP contribution is -2.49. The molecule has 1 aliphatic heterocycles. The summed E-state index contributed by atoms with van der Waals surface area (Å²) in [6.45, 7) is 14.9. The fourth-order valence-electron chi connectivity index (χ4n) is 14.0.